The van der Waals surface area contributed by atoms with Gasteiger partial charge in [0.25, 0.3) is 0 Å². The summed E-state index contributed by atoms with van der Waals surface area (Å²) in [5, 5.41) is 4.44. The molecule has 2 rings (SSSR count). The highest BCUT2D eigenvalue weighted by molar-refractivity contribution is 5.94. The van der Waals surface area contributed by atoms with Crippen LogP contribution in [0, 0.1) is 12.8 Å². The van der Waals surface area contributed by atoms with Crippen molar-refractivity contribution in [2.75, 3.05) is 11.9 Å². The average molecular weight is 287 g/mol. The quantitative estimate of drug-likeness (QED) is 0.847. The van der Waals surface area contributed by atoms with Crippen LogP contribution in [0.15, 0.2) is 24.9 Å². The summed E-state index contributed by atoms with van der Waals surface area (Å²) in [6.45, 7) is 5.97. The molecular weight excluding hydrogens is 266 g/mol. The van der Waals surface area contributed by atoms with Crippen molar-refractivity contribution < 1.29 is 4.79 Å². The zero-order valence-corrected chi connectivity index (χ0v) is 12.9. The van der Waals surface area contributed by atoms with Gasteiger partial charge in [-0.15, -0.1) is 0 Å². The number of rotatable bonds is 5. The number of hydrogen-bond donors (Lipinski definition) is 0. The van der Waals surface area contributed by atoms with E-state index in [4.69, 9.17) is 0 Å². The van der Waals surface area contributed by atoms with E-state index in [1.165, 1.54) is 6.33 Å². The molecule has 0 N–H and O–H groups in total. The van der Waals surface area contributed by atoms with Crippen LogP contribution in [0.3, 0.4) is 0 Å². The highest BCUT2D eigenvalue weighted by atomic mass is 16.2. The first kappa shape index (κ1) is 15.2. The van der Waals surface area contributed by atoms with Crippen molar-refractivity contribution in [1.82, 2.24) is 19.7 Å². The zero-order chi connectivity index (χ0) is 15.4. The lowest BCUT2D eigenvalue weighted by atomic mass is 10.0. The van der Waals surface area contributed by atoms with Crippen LogP contribution in [-0.2, 0) is 4.79 Å². The van der Waals surface area contributed by atoms with Gasteiger partial charge < -0.3 is 4.90 Å². The molecule has 1 amide bonds. The summed E-state index contributed by atoms with van der Waals surface area (Å²) in [7, 11) is 1.80. The summed E-state index contributed by atoms with van der Waals surface area (Å²) >= 11 is 0. The van der Waals surface area contributed by atoms with Crippen LogP contribution in [0.25, 0.3) is 5.69 Å². The summed E-state index contributed by atoms with van der Waals surface area (Å²) in [4.78, 5) is 22.1. The second-order valence-electron chi connectivity index (χ2n) is 5.05. The number of carbonyl (C=O) groups is 1. The molecule has 0 aliphatic carbocycles. The third kappa shape index (κ3) is 3.09. The van der Waals surface area contributed by atoms with Crippen molar-refractivity contribution in [2.24, 2.45) is 5.92 Å². The van der Waals surface area contributed by atoms with Crippen molar-refractivity contribution in [2.45, 2.75) is 33.6 Å². The van der Waals surface area contributed by atoms with Gasteiger partial charge in [0.15, 0.2) is 0 Å². The molecule has 0 saturated heterocycles. The maximum atomic E-state index is 12.5. The first-order valence-electron chi connectivity index (χ1n) is 7.17. The van der Waals surface area contributed by atoms with Crippen LogP contribution in [0.5, 0.6) is 0 Å². The van der Waals surface area contributed by atoms with E-state index in [2.05, 4.69) is 15.1 Å². The Balaban J connectivity index is 2.29. The van der Waals surface area contributed by atoms with E-state index < -0.39 is 0 Å². The molecule has 0 aliphatic heterocycles. The minimum absolute atomic E-state index is 0.0535. The first-order chi connectivity index (χ1) is 10.1. The molecule has 0 aromatic carbocycles. The molecule has 6 nitrogen and oxygen atoms in total. The summed E-state index contributed by atoms with van der Waals surface area (Å²) in [5.74, 6) is 0.185. The number of anilines is 1. The van der Waals surface area contributed by atoms with Crippen molar-refractivity contribution in [3.8, 4) is 5.69 Å². The molecule has 0 atom stereocenters. The fraction of sp³-hybridized carbons (Fsp3) is 0.467. The van der Waals surface area contributed by atoms with Crippen molar-refractivity contribution in [3.05, 3.63) is 30.6 Å². The van der Waals surface area contributed by atoms with E-state index in [1.807, 2.05) is 27.0 Å². The second-order valence-corrected chi connectivity index (χ2v) is 5.05. The number of nitrogens with zero attached hydrogens (tertiary/aromatic N) is 5. The van der Waals surface area contributed by atoms with Gasteiger partial charge in [0, 0.05) is 13.0 Å². The topological polar surface area (TPSA) is 63.9 Å². The SMILES string of the molecule is CCC(CC)C(=O)N(C)c1cn(-c2cncnc2)nc1C. The Morgan fingerprint density at radius 1 is 1.29 bits per heavy atom. The van der Waals surface area contributed by atoms with E-state index >= 15 is 0 Å². The Morgan fingerprint density at radius 3 is 2.48 bits per heavy atom. The molecule has 0 unspecified atom stereocenters. The minimum atomic E-state index is 0.0535. The van der Waals surface area contributed by atoms with Gasteiger partial charge in [-0.25, -0.2) is 14.6 Å². The fourth-order valence-corrected chi connectivity index (χ4v) is 2.35. The molecule has 2 heterocycles. The number of hydrogen-bond acceptors (Lipinski definition) is 4. The maximum Gasteiger partial charge on any atom is 0.229 e. The Hall–Kier alpha value is -2.24. The van der Waals surface area contributed by atoms with Gasteiger partial charge in [0.2, 0.25) is 5.91 Å². The lowest BCUT2D eigenvalue weighted by Gasteiger charge is -2.21. The lowest BCUT2D eigenvalue weighted by molar-refractivity contribution is -0.122. The Morgan fingerprint density at radius 2 is 1.90 bits per heavy atom. The molecule has 0 spiro atoms. The van der Waals surface area contributed by atoms with Gasteiger partial charge in [-0.2, -0.15) is 5.10 Å². The fourth-order valence-electron chi connectivity index (χ4n) is 2.35. The van der Waals surface area contributed by atoms with E-state index in [-0.39, 0.29) is 11.8 Å². The smallest absolute Gasteiger partial charge is 0.229 e. The molecule has 6 heteroatoms. The number of amides is 1. The summed E-state index contributed by atoms with van der Waals surface area (Å²) in [5.41, 5.74) is 2.40. The summed E-state index contributed by atoms with van der Waals surface area (Å²) in [6, 6.07) is 0. The average Bonchev–Trinajstić information content (AvgIpc) is 2.90. The van der Waals surface area contributed by atoms with Crippen LogP contribution >= 0.6 is 0 Å². The number of aryl methyl sites for hydroxylation is 1. The largest absolute Gasteiger partial charge is 0.312 e. The molecule has 0 fully saturated rings. The van der Waals surface area contributed by atoms with Crippen molar-refractivity contribution >= 4 is 11.6 Å². The van der Waals surface area contributed by atoms with Gasteiger partial charge in [-0.1, -0.05) is 13.8 Å². The molecule has 21 heavy (non-hydrogen) atoms. The molecule has 0 saturated carbocycles. The standard InChI is InChI=1S/C15H21N5O/c1-5-12(6-2)15(21)19(4)14-9-20(18-11(14)3)13-7-16-10-17-8-13/h7-10,12H,5-6H2,1-4H3. The Kier molecular flexibility index (Phi) is 4.67. The molecule has 0 radical (unpaired) electrons. The highest BCUT2D eigenvalue weighted by Crippen LogP contribution is 2.22. The predicted molar refractivity (Wildman–Crippen MR) is 81.4 cm³/mol. The van der Waals surface area contributed by atoms with E-state index in [0.717, 1.165) is 29.9 Å². The van der Waals surface area contributed by atoms with Crippen molar-refractivity contribution in [3.63, 3.8) is 0 Å². The summed E-state index contributed by atoms with van der Waals surface area (Å²) in [6.07, 6.45) is 8.38. The highest BCUT2D eigenvalue weighted by Gasteiger charge is 2.22. The van der Waals surface area contributed by atoms with E-state index in [1.54, 1.807) is 29.0 Å². The van der Waals surface area contributed by atoms with E-state index in [0.29, 0.717) is 0 Å². The first-order valence-corrected chi connectivity index (χ1v) is 7.17. The minimum Gasteiger partial charge on any atom is -0.312 e. The molecular formula is C15H21N5O. The number of aromatic nitrogens is 4. The van der Waals surface area contributed by atoms with Gasteiger partial charge in [0.05, 0.1) is 30.0 Å². The predicted octanol–water partition coefficient (Wildman–Crippen LogP) is 2.37. The monoisotopic (exact) mass is 287 g/mol. The molecule has 2 aromatic rings. The third-order valence-electron chi connectivity index (χ3n) is 3.71. The van der Waals surface area contributed by atoms with Gasteiger partial charge >= 0.3 is 0 Å². The van der Waals surface area contributed by atoms with E-state index in [9.17, 15) is 4.79 Å². The van der Waals surface area contributed by atoms with Crippen LogP contribution in [-0.4, -0.2) is 32.7 Å². The molecule has 112 valence electrons. The lowest BCUT2D eigenvalue weighted by Crippen LogP contribution is -2.32. The van der Waals surface area contributed by atoms with Gasteiger partial charge in [0.1, 0.15) is 12.0 Å². The molecule has 2 aromatic heterocycles. The maximum absolute atomic E-state index is 12.5. The van der Waals surface area contributed by atoms with Crippen LogP contribution < -0.4 is 4.90 Å². The normalized spacial score (nSPS) is 10.9. The van der Waals surface area contributed by atoms with Crippen LogP contribution in [0.1, 0.15) is 32.4 Å². The van der Waals surface area contributed by atoms with Gasteiger partial charge in [-0.05, 0) is 19.8 Å². The molecule has 0 aliphatic rings. The van der Waals surface area contributed by atoms with Crippen LogP contribution in [0.2, 0.25) is 0 Å². The zero-order valence-electron chi connectivity index (χ0n) is 12.9. The third-order valence-corrected chi connectivity index (χ3v) is 3.71. The second kappa shape index (κ2) is 6.47. The summed E-state index contributed by atoms with van der Waals surface area (Å²) < 4.78 is 1.70. The Labute approximate surface area is 124 Å². The van der Waals surface area contributed by atoms with Crippen molar-refractivity contribution in [1.29, 1.82) is 0 Å². The van der Waals surface area contributed by atoms with Crippen LogP contribution in [0.4, 0.5) is 5.69 Å². The van der Waals surface area contributed by atoms with Gasteiger partial charge in [-0.3, -0.25) is 4.79 Å². The Bertz CT molecular complexity index is 604. The number of carbonyl (C=O) groups excluding carboxylic acids is 1. The molecule has 0 bridgehead atoms.